The van der Waals surface area contributed by atoms with Crippen LogP contribution >= 0.6 is 22.6 Å². The second-order valence-corrected chi connectivity index (χ2v) is 5.58. The summed E-state index contributed by atoms with van der Waals surface area (Å²) >= 11 is 1.31. The van der Waals surface area contributed by atoms with Crippen molar-refractivity contribution in [3.05, 3.63) is 0 Å². The molecule has 0 saturated heterocycles. The van der Waals surface area contributed by atoms with E-state index in [1.807, 2.05) is 0 Å². The van der Waals surface area contributed by atoms with Crippen LogP contribution < -0.4 is 0 Å². The molecule has 0 heterocycles. The summed E-state index contributed by atoms with van der Waals surface area (Å²) in [6, 6.07) is 0. The Morgan fingerprint density at radius 1 is 0.842 bits per heavy atom. The molecule has 2 unspecified atom stereocenters. The van der Waals surface area contributed by atoms with Gasteiger partial charge in [-0.1, -0.05) is 36.4 Å². The third kappa shape index (κ3) is 3.07. The van der Waals surface area contributed by atoms with Crippen LogP contribution in [0.2, 0.25) is 0 Å². The van der Waals surface area contributed by atoms with Crippen molar-refractivity contribution in [1.29, 1.82) is 0 Å². The Morgan fingerprint density at radius 2 is 1.21 bits per heavy atom. The predicted molar refractivity (Wildman–Crippen MR) is 58.2 cm³/mol. The van der Waals surface area contributed by atoms with Gasteiger partial charge in [0.1, 0.15) is 0 Å². The Morgan fingerprint density at radius 3 is 1.47 bits per heavy atom. The van der Waals surface area contributed by atoms with Crippen molar-refractivity contribution >= 4 is 22.6 Å². The molecule has 19 heavy (non-hydrogen) atoms. The zero-order chi connectivity index (χ0) is 15.9. The Balaban J connectivity index is 5.63. The largest absolute Gasteiger partial charge is 0.460 e. The van der Waals surface area contributed by atoms with Gasteiger partial charge in [0.15, 0.2) is 0 Å². The van der Waals surface area contributed by atoms with Gasteiger partial charge in [-0.3, -0.25) is 0 Å². The van der Waals surface area contributed by atoms with E-state index in [1.54, 1.807) is 0 Å². The summed E-state index contributed by atoms with van der Waals surface area (Å²) in [6.07, 6.45) is -6.84. The van der Waals surface area contributed by atoms with Crippen molar-refractivity contribution in [2.45, 2.75) is 48.1 Å². The fraction of sp³-hybridized carbons (Fsp3) is 1.00. The molecule has 0 aliphatic rings. The monoisotopic (exact) mass is 416 g/mol. The zero-order valence-electron chi connectivity index (χ0n) is 9.64. The molecule has 10 heteroatoms. The second kappa shape index (κ2) is 5.47. The molecule has 0 saturated carbocycles. The van der Waals surface area contributed by atoms with Gasteiger partial charge < -0.3 is 0 Å². The molecule has 0 radical (unpaired) electrons. The zero-order valence-corrected chi connectivity index (χ0v) is 11.8. The van der Waals surface area contributed by atoms with Crippen molar-refractivity contribution in [1.82, 2.24) is 0 Å². The molecule has 0 aromatic heterocycles. The summed E-state index contributed by atoms with van der Waals surface area (Å²) < 4.78 is 112. The van der Waals surface area contributed by atoms with Crippen LogP contribution in [-0.2, 0) is 0 Å². The average molecular weight is 416 g/mol. The molecule has 0 aromatic carbocycles. The molecule has 0 aromatic rings. The third-order valence-electron chi connectivity index (χ3n) is 2.67. The number of alkyl halides is 10. The molecule has 0 amide bonds. The van der Waals surface area contributed by atoms with E-state index in [9.17, 15) is 39.5 Å². The van der Waals surface area contributed by atoms with E-state index >= 15 is 0 Å². The second-order valence-electron chi connectivity index (χ2n) is 3.98. The van der Waals surface area contributed by atoms with Crippen molar-refractivity contribution < 1.29 is 39.5 Å². The van der Waals surface area contributed by atoms with Gasteiger partial charge in [-0.15, -0.1) is 0 Å². The van der Waals surface area contributed by atoms with Crippen LogP contribution in [0.25, 0.3) is 0 Å². The van der Waals surface area contributed by atoms with Gasteiger partial charge in [0.05, 0.1) is 0 Å². The SMILES string of the molecule is CCC(I)C(C)C(F)(F)C(F)(F)C(F)(F)C(F)(F)F. The molecule has 0 fully saturated rings. The Labute approximate surface area is 116 Å². The van der Waals surface area contributed by atoms with E-state index in [4.69, 9.17) is 0 Å². The molecule has 0 nitrogen and oxygen atoms in total. The fourth-order valence-corrected chi connectivity index (χ4v) is 1.71. The molecular weight excluding hydrogens is 406 g/mol. The lowest BCUT2D eigenvalue weighted by Crippen LogP contribution is -2.63. The molecule has 0 rings (SSSR count). The molecule has 0 N–H and O–H groups in total. The smallest absolute Gasteiger partial charge is 0.199 e. The highest BCUT2D eigenvalue weighted by Gasteiger charge is 2.82. The van der Waals surface area contributed by atoms with Crippen LogP contribution in [0.15, 0.2) is 0 Å². The first-order valence-corrected chi connectivity index (χ1v) is 6.23. The summed E-state index contributed by atoms with van der Waals surface area (Å²) in [7, 11) is 0. The molecule has 0 aliphatic carbocycles. The van der Waals surface area contributed by atoms with Crippen molar-refractivity contribution in [2.24, 2.45) is 5.92 Å². The molecule has 116 valence electrons. The molecule has 0 aliphatic heterocycles. The van der Waals surface area contributed by atoms with E-state index in [1.165, 1.54) is 29.5 Å². The minimum Gasteiger partial charge on any atom is -0.199 e. The molecule has 2 atom stereocenters. The van der Waals surface area contributed by atoms with E-state index in [2.05, 4.69) is 0 Å². The van der Waals surface area contributed by atoms with Crippen molar-refractivity contribution in [3.8, 4) is 0 Å². The van der Waals surface area contributed by atoms with E-state index in [-0.39, 0.29) is 6.42 Å². The quantitative estimate of drug-likeness (QED) is 0.324. The normalized spacial score (nSPS) is 18.3. The summed E-state index contributed by atoms with van der Waals surface area (Å²) in [6.45, 7) is 1.84. The lowest BCUT2D eigenvalue weighted by atomic mass is 9.90. The van der Waals surface area contributed by atoms with E-state index < -0.39 is 33.8 Å². The number of hydrogen-bond donors (Lipinski definition) is 0. The first-order valence-electron chi connectivity index (χ1n) is 4.98. The summed E-state index contributed by atoms with van der Waals surface area (Å²) in [5.41, 5.74) is 0. The van der Waals surface area contributed by atoms with Crippen LogP contribution in [0.5, 0.6) is 0 Å². The van der Waals surface area contributed by atoms with Gasteiger partial charge in [0.25, 0.3) is 0 Å². The molecule has 0 bridgehead atoms. The average Bonchev–Trinajstić information content (AvgIpc) is 2.24. The maximum Gasteiger partial charge on any atom is 0.460 e. The van der Waals surface area contributed by atoms with Gasteiger partial charge in [0.2, 0.25) is 0 Å². The third-order valence-corrected chi connectivity index (χ3v) is 4.63. The first-order chi connectivity index (χ1) is 8.14. The van der Waals surface area contributed by atoms with E-state index in [0.717, 1.165) is 0 Å². The predicted octanol–water partition coefficient (Wildman–Crippen LogP) is 5.30. The topological polar surface area (TPSA) is 0 Å². The van der Waals surface area contributed by atoms with Gasteiger partial charge in [0, 0.05) is 9.84 Å². The lowest BCUT2D eigenvalue weighted by molar-refractivity contribution is -0.402. The summed E-state index contributed by atoms with van der Waals surface area (Å²) in [5.74, 6) is -21.2. The van der Waals surface area contributed by atoms with Crippen molar-refractivity contribution in [3.63, 3.8) is 0 Å². The molecular formula is C9H10F9I. The summed E-state index contributed by atoms with van der Waals surface area (Å²) in [5, 5.41) is 0. The molecule has 0 spiro atoms. The Bertz CT molecular complexity index is 309. The fourth-order valence-electron chi connectivity index (χ4n) is 1.25. The Hall–Kier alpha value is 0.1000. The van der Waals surface area contributed by atoms with Crippen LogP contribution in [0.1, 0.15) is 20.3 Å². The number of hydrogen-bond acceptors (Lipinski definition) is 0. The standard InChI is InChI=1S/C9H10F9I/c1-3-5(19)4(2)6(10,11)7(12,13)8(14,15)9(16,17)18/h4-5H,3H2,1-2H3. The van der Waals surface area contributed by atoms with Crippen LogP contribution in [-0.4, -0.2) is 27.9 Å². The van der Waals surface area contributed by atoms with Crippen molar-refractivity contribution in [2.75, 3.05) is 0 Å². The van der Waals surface area contributed by atoms with Gasteiger partial charge in [-0.05, 0) is 6.42 Å². The van der Waals surface area contributed by atoms with E-state index in [0.29, 0.717) is 6.92 Å². The Kier molecular flexibility index (Phi) is 5.50. The first kappa shape index (κ1) is 19.1. The van der Waals surface area contributed by atoms with Crippen LogP contribution in [0.3, 0.4) is 0 Å². The maximum atomic E-state index is 13.3. The summed E-state index contributed by atoms with van der Waals surface area (Å²) in [4.78, 5) is 0. The van der Waals surface area contributed by atoms with Crippen LogP contribution in [0, 0.1) is 5.92 Å². The lowest BCUT2D eigenvalue weighted by Gasteiger charge is -2.37. The number of rotatable bonds is 5. The number of halogens is 10. The van der Waals surface area contributed by atoms with Crippen LogP contribution in [0.4, 0.5) is 39.5 Å². The highest BCUT2D eigenvalue weighted by atomic mass is 127. The van der Waals surface area contributed by atoms with Gasteiger partial charge >= 0.3 is 23.9 Å². The maximum absolute atomic E-state index is 13.3. The highest BCUT2D eigenvalue weighted by molar-refractivity contribution is 14.1. The highest BCUT2D eigenvalue weighted by Crippen LogP contribution is 2.56. The minimum atomic E-state index is -6.80. The van der Waals surface area contributed by atoms with Gasteiger partial charge in [-0.2, -0.15) is 39.5 Å². The minimum absolute atomic E-state index is 0.0784. The van der Waals surface area contributed by atoms with Gasteiger partial charge in [-0.25, -0.2) is 0 Å².